The Labute approximate surface area is 309 Å². The van der Waals surface area contributed by atoms with Gasteiger partial charge in [0.05, 0.1) is 22.4 Å². The molecule has 5 nitrogen and oxygen atoms in total. The summed E-state index contributed by atoms with van der Waals surface area (Å²) in [6, 6.07) is 52.9. The molecule has 0 aliphatic carbocycles. The van der Waals surface area contributed by atoms with E-state index in [1.54, 1.807) is 0 Å². The average Bonchev–Trinajstić information content (AvgIpc) is 3.72. The highest BCUT2D eigenvalue weighted by Crippen LogP contribution is 2.44. The second kappa shape index (κ2) is 13.1. The summed E-state index contributed by atoms with van der Waals surface area (Å²) in [5.41, 5.74) is 14.2. The molecule has 0 bridgehead atoms. The molecule has 0 saturated heterocycles. The van der Waals surface area contributed by atoms with Gasteiger partial charge in [-0.2, -0.15) is 5.10 Å². The summed E-state index contributed by atoms with van der Waals surface area (Å²) < 4.78 is 11.1. The zero-order valence-electron chi connectivity index (χ0n) is 30.2. The van der Waals surface area contributed by atoms with E-state index in [4.69, 9.17) is 14.8 Å². The fourth-order valence-electron chi connectivity index (χ4n) is 7.66. The molecular weight excluding hydrogens is 649 g/mol. The number of hydrogen-bond acceptors (Lipinski definition) is 3. The van der Waals surface area contributed by atoms with Crippen LogP contribution in [0.1, 0.15) is 22.3 Å². The number of ether oxygens (including phenoxy) is 1. The highest BCUT2D eigenvalue weighted by Gasteiger charge is 2.25. The third-order valence-electron chi connectivity index (χ3n) is 10.0. The molecular formula is C48H38N4O. The Bertz CT molecular complexity index is 2770. The van der Waals surface area contributed by atoms with Crippen molar-refractivity contribution >= 4 is 21.8 Å². The molecule has 0 amide bonds. The predicted octanol–water partition coefficient (Wildman–Crippen LogP) is 12.4. The molecule has 0 fully saturated rings. The van der Waals surface area contributed by atoms with Gasteiger partial charge in [0, 0.05) is 45.8 Å². The lowest BCUT2D eigenvalue weighted by Crippen LogP contribution is -2.01. The summed E-state index contributed by atoms with van der Waals surface area (Å²) in [6.45, 7) is 8.58. The maximum Gasteiger partial charge on any atom is 0.137 e. The third-order valence-corrected chi connectivity index (χ3v) is 10.0. The van der Waals surface area contributed by atoms with Crippen LogP contribution in [0, 0.1) is 27.7 Å². The van der Waals surface area contributed by atoms with E-state index in [1.165, 1.54) is 22.1 Å². The predicted molar refractivity (Wildman–Crippen MR) is 217 cm³/mol. The van der Waals surface area contributed by atoms with Crippen LogP contribution in [-0.2, 0) is 0 Å². The molecule has 0 spiro atoms. The van der Waals surface area contributed by atoms with Crippen LogP contribution in [0.5, 0.6) is 11.5 Å². The number of hydrogen-bond donors (Lipinski definition) is 0. The highest BCUT2D eigenvalue weighted by molar-refractivity contribution is 6.09. The molecule has 0 radical (unpaired) electrons. The first-order valence-corrected chi connectivity index (χ1v) is 18.0. The number of pyridine rings is 1. The van der Waals surface area contributed by atoms with E-state index in [1.807, 2.05) is 12.3 Å². The fourth-order valence-corrected chi connectivity index (χ4v) is 7.66. The Kier molecular flexibility index (Phi) is 7.97. The molecule has 0 saturated carbocycles. The first kappa shape index (κ1) is 32.2. The molecule has 0 N–H and O–H groups in total. The molecule has 3 aromatic heterocycles. The van der Waals surface area contributed by atoms with Gasteiger partial charge in [0.15, 0.2) is 0 Å². The number of benzene rings is 6. The van der Waals surface area contributed by atoms with Gasteiger partial charge in [-0.1, -0.05) is 97.1 Å². The average molecular weight is 687 g/mol. The Hall–Kier alpha value is -6.72. The highest BCUT2D eigenvalue weighted by atomic mass is 16.5. The molecule has 53 heavy (non-hydrogen) atoms. The van der Waals surface area contributed by atoms with E-state index in [-0.39, 0.29) is 0 Å². The van der Waals surface area contributed by atoms with Crippen molar-refractivity contribution in [2.75, 3.05) is 0 Å². The number of fused-ring (bicyclic) bond motifs is 3. The minimum atomic E-state index is 0.736. The van der Waals surface area contributed by atoms with Crippen molar-refractivity contribution in [3.05, 3.63) is 180 Å². The van der Waals surface area contributed by atoms with Gasteiger partial charge >= 0.3 is 0 Å². The van der Waals surface area contributed by atoms with Crippen molar-refractivity contribution in [1.29, 1.82) is 0 Å². The fraction of sp³-hybridized carbons (Fsp3) is 0.0833. The van der Waals surface area contributed by atoms with Gasteiger partial charge in [0.25, 0.3) is 0 Å². The van der Waals surface area contributed by atoms with Gasteiger partial charge in [-0.05, 0) is 98.0 Å². The molecule has 0 aliphatic rings. The summed E-state index contributed by atoms with van der Waals surface area (Å²) in [6.07, 6.45) is 1.87. The quantitative estimate of drug-likeness (QED) is 0.168. The second-order valence-electron chi connectivity index (χ2n) is 13.8. The third kappa shape index (κ3) is 5.77. The van der Waals surface area contributed by atoms with Crippen LogP contribution in [0.2, 0.25) is 0 Å². The van der Waals surface area contributed by atoms with Crippen molar-refractivity contribution in [1.82, 2.24) is 19.3 Å². The Morgan fingerprint density at radius 3 is 1.96 bits per heavy atom. The summed E-state index contributed by atoms with van der Waals surface area (Å²) in [4.78, 5) is 4.76. The van der Waals surface area contributed by atoms with E-state index in [0.29, 0.717) is 0 Å². The molecule has 9 rings (SSSR count). The van der Waals surface area contributed by atoms with E-state index >= 15 is 0 Å². The Balaban J connectivity index is 1.22. The molecule has 3 heterocycles. The van der Waals surface area contributed by atoms with Crippen LogP contribution in [0.15, 0.2) is 158 Å². The van der Waals surface area contributed by atoms with Gasteiger partial charge in [0.1, 0.15) is 23.0 Å². The lowest BCUT2D eigenvalue weighted by molar-refractivity contribution is 0.482. The van der Waals surface area contributed by atoms with Crippen molar-refractivity contribution in [3.8, 4) is 56.6 Å². The molecule has 5 heteroatoms. The van der Waals surface area contributed by atoms with Crippen LogP contribution in [0.3, 0.4) is 0 Å². The number of rotatable bonds is 7. The maximum atomic E-state index is 6.76. The van der Waals surface area contributed by atoms with E-state index in [9.17, 15) is 0 Å². The molecule has 6 aromatic carbocycles. The number of nitrogens with zero attached hydrogens (tertiary/aromatic N) is 4. The molecule has 0 atom stereocenters. The van der Waals surface area contributed by atoms with E-state index in [2.05, 4.69) is 183 Å². The van der Waals surface area contributed by atoms with Gasteiger partial charge in [-0.25, -0.2) is 9.67 Å². The van der Waals surface area contributed by atoms with Crippen molar-refractivity contribution in [2.24, 2.45) is 0 Å². The van der Waals surface area contributed by atoms with E-state index in [0.717, 1.165) is 78.6 Å². The van der Waals surface area contributed by atoms with Crippen molar-refractivity contribution in [2.45, 2.75) is 27.7 Å². The van der Waals surface area contributed by atoms with Crippen LogP contribution in [0.4, 0.5) is 0 Å². The van der Waals surface area contributed by atoms with Crippen LogP contribution in [-0.4, -0.2) is 19.3 Å². The first-order chi connectivity index (χ1) is 25.9. The SMILES string of the molecule is Cc1cc(Oc2ccc3c4ccccc4n(-c4cc(C)ccn4)c3c2)cc(-n2nc(-c3ccccc3)c(-c3c(C)cccc3C)c2-c2ccccc2)c1. The molecule has 0 unspecified atom stereocenters. The van der Waals surface area contributed by atoms with Gasteiger partial charge < -0.3 is 4.74 Å². The Morgan fingerprint density at radius 2 is 1.21 bits per heavy atom. The van der Waals surface area contributed by atoms with Gasteiger partial charge in [-0.3, -0.25) is 4.57 Å². The number of aromatic nitrogens is 4. The lowest BCUT2D eigenvalue weighted by Gasteiger charge is -2.15. The van der Waals surface area contributed by atoms with E-state index < -0.39 is 0 Å². The standard InChI is InChI=1S/C48H38N4O/c1-31-24-25-49-44(28-31)51-42-21-12-11-20-40(42)41-23-22-38(30-43(41)51)53-39-27-32(2)26-37(29-39)52-48(36-18-9-6-10-19-36)46(45-33(3)14-13-15-34(45)4)47(50-52)35-16-7-5-8-17-35/h5-30H,1-4H3. The largest absolute Gasteiger partial charge is 0.457 e. The smallest absolute Gasteiger partial charge is 0.137 e. The molecule has 256 valence electrons. The van der Waals surface area contributed by atoms with Crippen molar-refractivity contribution in [3.63, 3.8) is 0 Å². The van der Waals surface area contributed by atoms with Crippen molar-refractivity contribution < 1.29 is 4.74 Å². The zero-order valence-corrected chi connectivity index (χ0v) is 30.2. The van der Waals surface area contributed by atoms with Gasteiger partial charge in [-0.15, -0.1) is 0 Å². The number of para-hydroxylation sites is 1. The summed E-state index contributed by atoms with van der Waals surface area (Å²) in [5.74, 6) is 2.36. The Morgan fingerprint density at radius 1 is 0.509 bits per heavy atom. The minimum Gasteiger partial charge on any atom is -0.457 e. The zero-order chi connectivity index (χ0) is 36.1. The van der Waals surface area contributed by atoms with Gasteiger partial charge in [0.2, 0.25) is 0 Å². The molecule has 0 aliphatic heterocycles. The topological polar surface area (TPSA) is 44.9 Å². The summed E-state index contributed by atoms with van der Waals surface area (Å²) >= 11 is 0. The number of aryl methyl sites for hydroxylation is 4. The van der Waals surface area contributed by atoms with Crippen LogP contribution >= 0.6 is 0 Å². The van der Waals surface area contributed by atoms with Crippen LogP contribution in [0.25, 0.3) is 67.0 Å². The molecule has 9 aromatic rings. The lowest BCUT2D eigenvalue weighted by atomic mass is 9.90. The maximum absolute atomic E-state index is 6.76. The minimum absolute atomic E-state index is 0.736. The monoisotopic (exact) mass is 686 g/mol. The second-order valence-corrected chi connectivity index (χ2v) is 13.8. The summed E-state index contributed by atoms with van der Waals surface area (Å²) in [5, 5.41) is 7.77. The normalized spacial score (nSPS) is 11.4. The first-order valence-electron chi connectivity index (χ1n) is 18.0. The summed E-state index contributed by atoms with van der Waals surface area (Å²) in [7, 11) is 0. The van der Waals surface area contributed by atoms with Crippen LogP contribution < -0.4 is 4.74 Å².